The average Bonchev–Trinajstić information content (AvgIpc) is 3.02. The Kier molecular flexibility index (Phi) is 3.28. The third-order valence-corrected chi connectivity index (χ3v) is 3.94. The van der Waals surface area contributed by atoms with Gasteiger partial charge >= 0.3 is 0 Å². The van der Waals surface area contributed by atoms with Gasteiger partial charge in [-0.3, -0.25) is 0 Å². The molecule has 1 aromatic carbocycles. The van der Waals surface area contributed by atoms with Crippen LogP contribution in [0.3, 0.4) is 0 Å². The molecular weight excluding hydrogens is 226 g/mol. The summed E-state index contributed by atoms with van der Waals surface area (Å²) in [6.45, 7) is 0.423. The quantitative estimate of drug-likeness (QED) is 0.844. The normalized spacial score (nSPS) is 16.3. The molecule has 88 valence electrons. The van der Waals surface area contributed by atoms with E-state index in [2.05, 4.69) is 4.72 Å². The van der Waals surface area contributed by atoms with E-state index in [9.17, 15) is 8.42 Å². The van der Waals surface area contributed by atoms with Crippen LogP contribution in [0.4, 0.5) is 0 Å². The minimum absolute atomic E-state index is 0.135. The van der Waals surface area contributed by atoms with E-state index in [0.29, 0.717) is 11.5 Å². The number of hydrogen-bond donors (Lipinski definition) is 1. The fraction of sp³-hybridized carbons (Fsp3) is 0.455. The van der Waals surface area contributed by atoms with Crippen molar-refractivity contribution >= 4 is 10.0 Å². The van der Waals surface area contributed by atoms with Gasteiger partial charge in [-0.2, -0.15) is 0 Å². The highest BCUT2D eigenvalue weighted by atomic mass is 32.2. The number of nitrogens with one attached hydrogen (secondary N) is 1. The maximum atomic E-state index is 11.9. The van der Waals surface area contributed by atoms with Gasteiger partial charge in [0.05, 0.1) is 11.5 Å². The molecule has 0 radical (unpaired) electrons. The van der Waals surface area contributed by atoms with Gasteiger partial charge in [0.15, 0.2) is 0 Å². The fourth-order valence-electron chi connectivity index (χ4n) is 1.46. The summed E-state index contributed by atoms with van der Waals surface area (Å²) in [5.74, 6) is 0. The van der Waals surface area contributed by atoms with Crippen molar-refractivity contribution in [1.29, 1.82) is 0 Å². The van der Waals surface area contributed by atoms with Gasteiger partial charge < -0.3 is 4.74 Å². The smallest absolute Gasteiger partial charge is 0.240 e. The van der Waals surface area contributed by atoms with Crippen LogP contribution in [-0.4, -0.2) is 21.6 Å². The van der Waals surface area contributed by atoms with Gasteiger partial charge in [-0.25, -0.2) is 13.1 Å². The number of sulfonamides is 1. The number of ether oxygens (including phenoxy) is 1. The number of hydrogen-bond acceptors (Lipinski definition) is 3. The molecule has 1 aliphatic rings. The minimum atomic E-state index is -3.34. The lowest BCUT2D eigenvalue weighted by atomic mass is 10.2. The van der Waals surface area contributed by atoms with Crippen LogP contribution in [0.2, 0.25) is 0 Å². The Morgan fingerprint density at radius 2 is 2.19 bits per heavy atom. The zero-order chi connectivity index (χ0) is 11.6. The maximum absolute atomic E-state index is 11.9. The lowest BCUT2D eigenvalue weighted by Gasteiger charge is -2.07. The third kappa shape index (κ3) is 2.81. The van der Waals surface area contributed by atoms with Crippen LogP contribution >= 0.6 is 0 Å². The summed E-state index contributed by atoms with van der Waals surface area (Å²) in [7, 11) is -1.76. The molecule has 2 rings (SSSR count). The predicted octanol–water partition coefficient (Wildman–Crippen LogP) is 1.27. The van der Waals surface area contributed by atoms with Crippen LogP contribution in [0.15, 0.2) is 29.2 Å². The van der Waals surface area contributed by atoms with Crippen molar-refractivity contribution < 1.29 is 13.2 Å². The second-order valence-electron chi connectivity index (χ2n) is 3.98. The van der Waals surface area contributed by atoms with Gasteiger partial charge in [0.25, 0.3) is 0 Å². The summed E-state index contributed by atoms with van der Waals surface area (Å²) in [4.78, 5) is 0.314. The molecule has 0 atom stereocenters. The number of rotatable bonds is 5. The standard InChI is InChI=1S/C11H15NO3S/c1-15-8-9-3-2-4-11(7-9)16(13,14)12-10-5-6-10/h2-4,7,10,12H,5-6,8H2,1H3. The first kappa shape index (κ1) is 11.6. The lowest BCUT2D eigenvalue weighted by Crippen LogP contribution is -2.25. The molecule has 0 bridgehead atoms. The largest absolute Gasteiger partial charge is 0.380 e. The second kappa shape index (κ2) is 4.53. The van der Waals surface area contributed by atoms with Gasteiger partial charge in [0.1, 0.15) is 0 Å². The van der Waals surface area contributed by atoms with E-state index in [4.69, 9.17) is 4.74 Å². The molecule has 1 aliphatic carbocycles. The number of methoxy groups -OCH3 is 1. The summed E-state index contributed by atoms with van der Waals surface area (Å²) in [5, 5.41) is 0. The molecule has 0 saturated heterocycles. The van der Waals surface area contributed by atoms with Crippen molar-refractivity contribution in [2.24, 2.45) is 0 Å². The molecule has 1 saturated carbocycles. The Labute approximate surface area is 95.7 Å². The first-order valence-electron chi connectivity index (χ1n) is 5.22. The molecule has 1 N–H and O–H groups in total. The fourth-order valence-corrected chi connectivity index (χ4v) is 2.83. The van der Waals surface area contributed by atoms with Gasteiger partial charge in [-0.05, 0) is 30.5 Å². The van der Waals surface area contributed by atoms with Gasteiger partial charge in [0.2, 0.25) is 10.0 Å². The molecule has 16 heavy (non-hydrogen) atoms. The molecule has 0 heterocycles. The van der Waals surface area contributed by atoms with Crippen LogP contribution in [0.1, 0.15) is 18.4 Å². The molecule has 0 amide bonds. The van der Waals surface area contributed by atoms with Crippen LogP contribution in [0, 0.1) is 0 Å². The molecule has 5 heteroatoms. The van der Waals surface area contributed by atoms with Crippen LogP contribution in [-0.2, 0) is 21.4 Å². The van der Waals surface area contributed by atoms with E-state index in [1.54, 1.807) is 25.3 Å². The maximum Gasteiger partial charge on any atom is 0.240 e. The molecular formula is C11H15NO3S. The summed E-state index contributed by atoms with van der Waals surface area (Å²) in [6, 6.07) is 6.96. The summed E-state index contributed by atoms with van der Waals surface area (Å²) >= 11 is 0. The van der Waals surface area contributed by atoms with Gasteiger partial charge in [0, 0.05) is 13.2 Å². The highest BCUT2D eigenvalue weighted by molar-refractivity contribution is 7.89. The molecule has 0 aliphatic heterocycles. The topological polar surface area (TPSA) is 55.4 Å². The molecule has 0 aromatic heterocycles. The average molecular weight is 241 g/mol. The van der Waals surface area contributed by atoms with E-state index < -0.39 is 10.0 Å². The van der Waals surface area contributed by atoms with E-state index in [0.717, 1.165) is 18.4 Å². The zero-order valence-corrected chi connectivity index (χ0v) is 9.96. The molecule has 1 fully saturated rings. The lowest BCUT2D eigenvalue weighted by molar-refractivity contribution is 0.184. The molecule has 0 unspecified atom stereocenters. The monoisotopic (exact) mass is 241 g/mol. The zero-order valence-electron chi connectivity index (χ0n) is 9.14. The number of benzene rings is 1. The van der Waals surface area contributed by atoms with Crippen molar-refractivity contribution in [2.45, 2.75) is 30.4 Å². The predicted molar refractivity (Wildman–Crippen MR) is 60.5 cm³/mol. The van der Waals surface area contributed by atoms with Gasteiger partial charge in [-0.15, -0.1) is 0 Å². The molecule has 1 aromatic rings. The summed E-state index contributed by atoms with van der Waals surface area (Å²) in [5.41, 5.74) is 0.862. The van der Waals surface area contributed by atoms with Crippen molar-refractivity contribution in [3.8, 4) is 0 Å². The minimum Gasteiger partial charge on any atom is -0.380 e. The Balaban J connectivity index is 2.21. The summed E-state index contributed by atoms with van der Waals surface area (Å²) in [6.07, 6.45) is 1.88. The summed E-state index contributed by atoms with van der Waals surface area (Å²) < 4.78 is 31.4. The van der Waals surface area contributed by atoms with E-state index in [1.807, 2.05) is 6.07 Å². The highest BCUT2D eigenvalue weighted by Gasteiger charge is 2.27. The Bertz CT molecular complexity index is 466. The van der Waals surface area contributed by atoms with E-state index in [-0.39, 0.29) is 6.04 Å². The second-order valence-corrected chi connectivity index (χ2v) is 5.69. The van der Waals surface area contributed by atoms with Crippen LogP contribution < -0.4 is 4.72 Å². The van der Waals surface area contributed by atoms with Crippen molar-refractivity contribution in [2.75, 3.05) is 7.11 Å². The van der Waals surface area contributed by atoms with Crippen molar-refractivity contribution in [3.05, 3.63) is 29.8 Å². The Morgan fingerprint density at radius 3 is 2.81 bits per heavy atom. The first-order chi connectivity index (χ1) is 7.62. The van der Waals surface area contributed by atoms with Crippen molar-refractivity contribution in [3.63, 3.8) is 0 Å². The first-order valence-corrected chi connectivity index (χ1v) is 6.70. The van der Waals surface area contributed by atoms with Gasteiger partial charge in [-0.1, -0.05) is 12.1 Å². The molecule has 0 spiro atoms. The Morgan fingerprint density at radius 1 is 1.44 bits per heavy atom. The van der Waals surface area contributed by atoms with Crippen LogP contribution in [0.25, 0.3) is 0 Å². The third-order valence-electron chi connectivity index (χ3n) is 2.42. The van der Waals surface area contributed by atoms with E-state index in [1.165, 1.54) is 0 Å². The highest BCUT2D eigenvalue weighted by Crippen LogP contribution is 2.22. The van der Waals surface area contributed by atoms with Crippen molar-refractivity contribution in [1.82, 2.24) is 4.72 Å². The van der Waals surface area contributed by atoms with E-state index >= 15 is 0 Å². The SMILES string of the molecule is COCc1cccc(S(=O)(=O)NC2CC2)c1. The molecule has 4 nitrogen and oxygen atoms in total. The Hall–Kier alpha value is -0.910. The van der Waals surface area contributed by atoms with Crippen LogP contribution in [0.5, 0.6) is 0 Å².